The van der Waals surface area contributed by atoms with Gasteiger partial charge in [-0.05, 0) is 67.0 Å². The number of carbonyl (C=O) groups excluding carboxylic acids is 1. The normalized spacial score (nSPS) is 27.6. The zero-order valence-corrected chi connectivity index (χ0v) is 18.5. The van der Waals surface area contributed by atoms with E-state index in [2.05, 4.69) is 5.32 Å². The van der Waals surface area contributed by atoms with Gasteiger partial charge in [0, 0.05) is 23.7 Å². The van der Waals surface area contributed by atoms with E-state index in [0.29, 0.717) is 23.9 Å². The second-order valence-corrected chi connectivity index (χ2v) is 11.0. The standard InChI is InChI=1S/C24H28N2O4S/c1-31(28,29)26-14-13-24-12-6-5-9-20(24)22(26)15-17-10-11-19(16-21(17)24)30-23(27)25-18-7-3-2-4-8-18/h2-4,7-8,10-11,16,20,22H,5-6,9,12-15H2,1H3,(H,25,27). The summed E-state index contributed by atoms with van der Waals surface area (Å²) in [6, 6.07) is 15.1. The van der Waals surface area contributed by atoms with E-state index in [0.717, 1.165) is 38.5 Å². The fraction of sp³-hybridized carbons (Fsp3) is 0.458. The van der Waals surface area contributed by atoms with Crippen molar-refractivity contribution in [2.45, 2.75) is 50.0 Å². The van der Waals surface area contributed by atoms with Crippen LogP contribution in [0.3, 0.4) is 0 Å². The van der Waals surface area contributed by atoms with Gasteiger partial charge in [0.15, 0.2) is 0 Å². The minimum Gasteiger partial charge on any atom is -0.410 e. The third kappa shape index (κ3) is 3.64. The molecular weight excluding hydrogens is 412 g/mol. The molecule has 164 valence electrons. The molecule has 1 heterocycles. The first-order chi connectivity index (χ1) is 14.9. The van der Waals surface area contributed by atoms with Crippen LogP contribution in [0.2, 0.25) is 0 Å². The quantitative estimate of drug-likeness (QED) is 0.771. The van der Waals surface area contributed by atoms with Crippen molar-refractivity contribution in [2.75, 3.05) is 18.1 Å². The maximum absolute atomic E-state index is 12.5. The van der Waals surface area contributed by atoms with E-state index in [1.165, 1.54) is 17.4 Å². The van der Waals surface area contributed by atoms with Gasteiger partial charge in [-0.2, -0.15) is 4.31 Å². The van der Waals surface area contributed by atoms with Gasteiger partial charge in [0.05, 0.1) is 6.26 Å². The number of amides is 1. The Hall–Kier alpha value is -2.38. The number of carbonyl (C=O) groups is 1. The van der Waals surface area contributed by atoms with Crippen molar-refractivity contribution in [3.8, 4) is 5.75 Å². The van der Waals surface area contributed by atoms with Crippen molar-refractivity contribution in [3.05, 3.63) is 59.7 Å². The number of para-hydroxylation sites is 1. The summed E-state index contributed by atoms with van der Waals surface area (Å²) in [5.41, 5.74) is 3.11. The first kappa shape index (κ1) is 20.5. The number of rotatable bonds is 3. The highest BCUT2D eigenvalue weighted by Crippen LogP contribution is 2.56. The van der Waals surface area contributed by atoms with E-state index in [1.54, 1.807) is 4.31 Å². The zero-order valence-electron chi connectivity index (χ0n) is 17.7. The highest BCUT2D eigenvalue weighted by molar-refractivity contribution is 7.88. The molecule has 2 aromatic carbocycles. The van der Waals surface area contributed by atoms with Crippen molar-refractivity contribution in [3.63, 3.8) is 0 Å². The molecule has 3 atom stereocenters. The number of benzene rings is 2. The molecule has 2 aliphatic carbocycles. The maximum Gasteiger partial charge on any atom is 0.417 e. The second kappa shape index (κ2) is 7.64. The summed E-state index contributed by atoms with van der Waals surface area (Å²) in [6.45, 7) is 0.568. The van der Waals surface area contributed by atoms with E-state index in [-0.39, 0.29) is 11.5 Å². The third-order valence-electron chi connectivity index (χ3n) is 7.41. The lowest BCUT2D eigenvalue weighted by Crippen LogP contribution is -2.61. The van der Waals surface area contributed by atoms with Crippen LogP contribution in [0.5, 0.6) is 5.75 Å². The Morgan fingerprint density at radius 2 is 1.94 bits per heavy atom. The Labute approximate surface area is 183 Å². The van der Waals surface area contributed by atoms with Crippen molar-refractivity contribution in [1.29, 1.82) is 0 Å². The summed E-state index contributed by atoms with van der Waals surface area (Å²) < 4.78 is 32.3. The molecule has 3 unspecified atom stereocenters. The first-order valence-electron chi connectivity index (χ1n) is 11.0. The molecule has 0 aromatic heterocycles. The van der Waals surface area contributed by atoms with Gasteiger partial charge in [-0.15, -0.1) is 0 Å². The van der Waals surface area contributed by atoms with Crippen LogP contribution in [0.1, 0.15) is 43.2 Å². The van der Waals surface area contributed by atoms with Gasteiger partial charge in [-0.1, -0.05) is 37.1 Å². The Kier molecular flexibility index (Phi) is 5.06. The van der Waals surface area contributed by atoms with Gasteiger partial charge >= 0.3 is 6.09 Å². The fourth-order valence-electron chi connectivity index (χ4n) is 6.20. The van der Waals surface area contributed by atoms with Crippen molar-refractivity contribution < 1.29 is 17.9 Å². The molecule has 2 bridgehead atoms. The molecular formula is C24H28N2O4S. The Bertz CT molecular complexity index is 1100. The van der Waals surface area contributed by atoms with Gasteiger partial charge in [0.25, 0.3) is 0 Å². The number of hydrogen-bond donors (Lipinski definition) is 1. The summed E-state index contributed by atoms with van der Waals surface area (Å²) in [6.07, 6.45) is 6.80. The molecule has 1 aliphatic heterocycles. The number of piperidine rings is 1. The molecule has 2 aromatic rings. The van der Waals surface area contributed by atoms with E-state index in [4.69, 9.17) is 4.74 Å². The number of sulfonamides is 1. The molecule has 0 radical (unpaired) electrons. The Morgan fingerprint density at radius 3 is 2.71 bits per heavy atom. The minimum absolute atomic E-state index is 0.0209. The highest BCUT2D eigenvalue weighted by atomic mass is 32.2. The zero-order chi connectivity index (χ0) is 21.6. The van der Waals surface area contributed by atoms with Crippen molar-refractivity contribution in [2.24, 2.45) is 5.92 Å². The van der Waals surface area contributed by atoms with Crippen LogP contribution < -0.4 is 10.1 Å². The van der Waals surface area contributed by atoms with Crippen LogP contribution in [0.4, 0.5) is 10.5 Å². The number of nitrogens with one attached hydrogen (secondary N) is 1. The number of nitrogens with zero attached hydrogens (tertiary/aromatic N) is 1. The summed E-state index contributed by atoms with van der Waals surface area (Å²) in [7, 11) is -3.23. The Balaban J connectivity index is 1.45. The average Bonchev–Trinajstić information content (AvgIpc) is 2.74. The number of ether oxygens (including phenoxy) is 1. The molecule has 0 spiro atoms. The predicted molar refractivity (Wildman–Crippen MR) is 120 cm³/mol. The van der Waals surface area contributed by atoms with Crippen LogP contribution in [0, 0.1) is 5.92 Å². The smallest absolute Gasteiger partial charge is 0.410 e. The number of hydrogen-bond acceptors (Lipinski definition) is 4. The van der Waals surface area contributed by atoms with E-state index in [1.807, 2.05) is 48.5 Å². The fourth-order valence-corrected chi connectivity index (χ4v) is 7.33. The molecule has 7 heteroatoms. The van der Waals surface area contributed by atoms with Crippen LogP contribution in [-0.4, -0.2) is 37.7 Å². The van der Waals surface area contributed by atoms with E-state index in [9.17, 15) is 13.2 Å². The van der Waals surface area contributed by atoms with Gasteiger partial charge < -0.3 is 4.74 Å². The van der Waals surface area contributed by atoms with Gasteiger partial charge in [-0.25, -0.2) is 13.2 Å². The minimum atomic E-state index is -3.23. The lowest BCUT2D eigenvalue weighted by molar-refractivity contribution is 0.0318. The van der Waals surface area contributed by atoms with Crippen LogP contribution in [-0.2, 0) is 21.9 Å². The number of anilines is 1. The average molecular weight is 441 g/mol. The lowest BCUT2D eigenvalue weighted by Gasteiger charge is -2.58. The predicted octanol–water partition coefficient (Wildman–Crippen LogP) is 4.32. The summed E-state index contributed by atoms with van der Waals surface area (Å²) >= 11 is 0. The molecule has 31 heavy (non-hydrogen) atoms. The van der Waals surface area contributed by atoms with Crippen molar-refractivity contribution in [1.82, 2.24) is 4.31 Å². The third-order valence-corrected chi connectivity index (χ3v) is 8.72. The van der Waals surface area contributed by atoms with Crippen LogP contribution >= 0.6 is 0 Å². The van der Waals surface area contributed by atoms with E-state index < -0.39 is 16.1 Å². The lowest BCUT2D eigenvalue weighted by atomic mass is 9.53. The summed E-state index contributed by atoms with van der Waals surface area (Å²) in [5.74, 6) is 0.862. The largest absolute Gasteiger partial charge is 0.417 e. The molecule has 1 N–H and O–H groups in total. The SMILES string of the molecule is CS(=O)(=O)N1CCC23CCCCC2C1Cc1ccc(OC(=O)Nc2ccccc2)cc13. The van der Waals surface area contributed by atoms with Gasteiger partial charge in [0.1, 0.15) is 5.75 Å². The molecule has 1 amide bonds. The topological polar surface area (TPSA) is 75.7 Å². The monoisotopic (exact) mass is 440 g/mol. The molecule has 5 rings (SSSR count). The first-order valence-corrected chi connectivity index (χ1v) is 12.9. The molecule has 6 nitrogen and oxygen atoms in total. The molecule has 3 aliphatic rings. The van der Waals surface area contributed by atoms with Gasteiger partial charge in [-0.3, -0.25) is 5.32 Å². The Morgan fingerprint density at radius 1 is 1.13 bits per heavy atom. The molecule has 2 fully saturated rings. The summed E-state index contributed by atoms with van der Waals surface area (Å²) in [5, 5.41) is 2.76. The van der Waals surface area contributed by atoms with Crippen LogP contribution in [0.15, 0.2) is 48.5 Å². The van der Waals surface area contributed by atoms with E-state index >= 15 is 0 Å². The summed E-state index contributed by atoms with van der Waals surface area (Å²) in [4.78, 5) is 12.4. The molecule has 1 saturated heterocycles. The number of fused-ring (bicyclic) bond motifs is 1. The van der Waals surface area contributed by atoms with Gasteiger partial charge in [0.2, 0.25) is 10.0 Å². The van der Waals surface area contributed by atoms with Crippen LogP contribution in [0.25, 0.3) is 0 Å². The van der Waals surface area contributed by atoms with Crippen molar-refractivity contribution >= 4 is 21.8 Å². The highest BCUT2D eigenvalue weighted by Gasteiger charge is 2.55. The maximum atomic E-state index is 12.5. The molecule has 1 saturated carbocycles. The second-order valence-electron chi connectivity index (χ2n) is 9.10.